The van der Waals surface area contributed by atoms with Crippen molar-refractivity contribution in [2.45, 2.75) is 20.8 Å². The first kappa shape index (κ1) is 9.15. The first-order chi connectivity index (χ1) is 4.66. The molecule has 0 saturated carbocycles. The third-order valence-corrected chi connectivity index (χ3v) is 1.01. The number of hydrogen-bond donors (Lipinski definition) is 0. The lowest BCUT2D eigenvalue weighted by Gasteiger charge is -1.85. The summed E-state index contributed by atoms with van der Waals surface area (Å²) in [6.45, 7) is 5.29. The van der Waals surface area contributed by atoms with Gasteiger partial charge in [-0.05, 0) is 26.8 Å². The Morgan fingerprint density at radius 3 is 2.20 bits per heavy atom. The summed E-state index contributed by atoms with van der Waals surface area (Å²) in [6, 6.07) is 0. The number of hydrogen-bond acceptors (Lipinski definition) is 0. The lowest BCUT2D eigenvalue weighted by atomic mass is 10.2. The summed E-state index contributed by atoms with van der Waals surface area (Å²) in [7, 11) is 0. The average molecular weight is 140 g/mol. The van der Waals surface area contributed by atoms with Gasteiger partial charge in [0, 0.05) is 0 Å². The standard InChI is InChI=1S/C9H13F/c1-4-5-8(2)6-7-9(3)10/h4-7H,1-3H3/b5-4+,8-6-,9-7+. The fraction of sp³-hybridized carbons (Fsp3) is 0.333. The highest BCUT2D eigenvalue weighted by Gasteiger charge is 1.78. The van der Waals surface area contributed by atoms with E-state index < -0.39 is 0 Å². The SMILES string of the molecule is C/C=C/C(C)=C\C=C(/C)F. The molecule has 0 heterocycles. The van der Waals surface area contributed by atoms with Gasteiger partial charge in [-0.1, -0.05) is 23.8 Å². The molecule has 0 rings (SSSR count). The maximum atomic E-state index is 12.1. The van der Waals surface area contributed by atoms with Gasteiger partial charge in [0.15, 0.2) is 0 Å². The average Bonchev–Trinajstić information content (AvgIpc) is 1.85. The van der Waals surface area contributed by atoms with Crippen LogP contribution in [-0.2, 0) is 0 Å². The minimum atomic E-state index is -0.163. The number of allylic oxidation sites excluding steroid dienone is 6. The summed E-state index contributed by atoms with van der Waals surface area (Å²) < 4.78 is 12.1. The van der Waals surface area contributed by atoms with Gasteiger partial charge in [-0.2, -0.15) is 0 Å². The van der Waals surface area contributed by atoms with E-state index in [1.54, 1.807) is 6.08 Å². The van der Waals surface area contributed by atoms with E-state index in [9.17, 15) is 4.39 Å². The van der Waals surface area contributed by atoms with E-state index >= 15 is 0 Å². The van der Waals surface area contributed by atoms with E-state index in [2.05, 4.69) is 0 Å². The van der Waals surface area contributed by atoms with Crippen molar-refractivity contribution < 1.29 is 4.39 Å². The summed E-state index contributed by atoms with van der Waals surface area (Å²) >= 11 is 0. The molecule has 56 valence electrons. The largest absolute Gasteiger partial charge is 0.212 e. The predicted molar refractivity (Wildman–Crippen MR) is 43.4 cm³/mol. The van der Waals surface area contributed by atoms with Gasteiger partial charge in [0.1, 0.15) is 0 Å². The molecule has 1 heteroatoms. The first-order valence-electron chi connectivity index (χ1n) is 3.30. The predicted octanol–water partition coefficient (Wildman–Crippen LogP) is 3.38. The van der Waals surface area contributed by atoms with Gasteiger partial charge in [-0.25, -0.2) is 4.39 Å². The highest BCUT2D eigenvalue weighted by molar-refractivity contribution is 5.21. The van der Waals surface area contributed by atoms with Crippen molar-refractivity contribution in [1.82, 2.24) is 0 Å². The minimum absolute atomic E-state index is 0.163. The zero-order valence-corrected chi connectivity index (χ0v) is 6.69. The van der Waals surface area contributed by atoms with Crippen LogP contribution >= 0.6 is 0 Å². The Hall–Kier alpha value is -0.850. The van der Waals surface area contributed by atoms with E-state index in [1.165, 1.54) is 13.0 Å². The van der Waals surface area contributed by atoms with Gasteiger partial charge in [0.05, 0.1) is 5.83 Å². The normalized spacial score (nSPS) is 14.8. The van der Waals surface area contributed by atoms with Crippen LogP contribution in [0.3, 0.4) is 0 Å². The molecule has 0 aliphatic rings. The molecule has 10 heavy (non-hydrogen) atoms. The Labute approximate surface area is 61.8 Å². The zero-order valence-electron chi connectivity index (χ0n) is 6.69. The molecule has 0 aromatic carbocycles. The van der Waals surface area contributed by atoms with Gasteiger partial charge >= 0.3 is 0 Å². The highest BCUT2D eigenvalue weighted by atomic mass is 19.1. The summed E-state index contributed by atoms with van der Waals surface area (Å²) in [4.78, 5) is 0. The molecule has 0 nitrogen and oxygen atoms in total. The van der Waals surface area contributed by atoms with E-state index in [0.29, 0.717) is 0 Å². The van der Waals surface area contributed by atoms with Gasteiger partial charge in [-0.15, -0.1) is 0 Å². The Balaban J connectivity index is 4.05. The molecule has 0 aromatic rings. The fourth-order valence-electron chi connectivity index (χ4n) is 0.565. The summed E-state index contributed by atoms with van der Waals surface area (Å²) in [5, 5.41) is 0. The van der Waals surface area contributed by atoms with Gasteiger partial charge < -0.3 is 0 Å². The maximum Gasteiger partial charge on any atom is 0.0968 e. The Morgan fingerprint density at radius 2 is 1.80 bits per heavy atom. The van der Waals surface area contributed by atoms with Crippen LogP contribution in [0.2, 0.25) is 0 Å². The zero-order chi connectivity index (χ0) is 7.98. The summed E-state index contributed by atoms with van der Waals surface area (Å²) in [6.07, 6.45) is 7.05. The molecule has 0 fully saturated rings. The van der Waals surface area contributed by atoms with E-state index in [1.807, 2.05) is 26.0 Å². The second-order valence-corrected chi connectivity index (χ2v) is 2.16. The molecule has 0 aromatic heterocycles. The molecule has 0 amide bonds. The van der Waals surface area contributed by atoms with Crippen molar-refractivity contribution in [2.24, 2.45) is 0 Å². The second kappa shape index (κ2) is 4.98. The van der Waals surface area contributed by atoms with Crippen LogP contribution in [0.25, 0.3) is 0 Å². The Bertz CT molecular complexity index is 169. The van der Waals surface area contributed by atoms with Gasteiger partial charge in [0.2, 0.25) is 0 Å². The smallest absolute Gasteiger partial charge is 0.0968 e. The number of halogens is 1. The number of rotatable bonds is 2. The molecular formula is C9H13F. The van der Waals surface area contributed by atoms with Crippen molar-refractivity contribution in [3.05, 3.63) is 35.7 Å². The van der Waals surface area contributed by atoms with E-state index in [0.717, 1.165) is 5.57 Å². The molecule has 0 bridgehead atoms. The van der Waals surface area contributed by atoms with Gasteiger partial charge in [-0.3, -0.25) is 0 Å². The van der Waals surface area contributed by atoms with Crippen LogP contribution < -0.4 is 0 Å². The summed E-state index contributed by atoms with van der Waals surface area (Å²) in [5.41, 5.74) is 1.06. The van der Waals surface area contributed by atoms with Crippen LogP contribution in [0.5, 0.6) is 0 Å². The molecule has 0 unspecified atom stereocenters. The van der Waals surface area contributed by atoms with Crippen LogP contribution in [0.4, 0.5) is 4.39 Å². The van der Waals surface area contributed by atoms with Crippen molar-refractivity contribution in [2.75, 3.05) is 0 Å². The molecule has 0 aliphatic heterocycles. The van der Waals surface area contributed by atoms with Gasteiger partial charge in [0.25, 0.3) is 0 Å². The van der Waals surface area contributed by atoms with E-state index in [4.69, 9.17) is 0 Å². The van der Waals surface area contributed by atoms with Crippen LogP contribution in [-0.4, -0.2) is 0 Å². The molecule has 0 saturated heterocycles. The van der Waals surface area contributed by atoms with Crippen LogP contribution in [0.15, 0.2) is 35.7 Å². The highest BCUT2D eigenvalue weighted by Crippen LogP contribution is 1.98. The Kier molecular flexibility index (Phi) is 4.55. The molecule has 0 aliphatic carbocycles. The lowest BCUT2D eigenvalue weighted by Crippen LogP contribution is -1.65. The summed E-state index contributed by atoms with van der Waals surface area (Å²) in [5.74, 6) is -0.163. The molecule has 0 spiro atoms. The lowest BCUT2D eigenvalue weighted by molar-refractivity contribution is 0.640. The second-order valence-electron chi connectivity index (χ2n) is 2.16. The topological polar surface area (TPSA) is 0 Å². The molecule has 0 radical (unpaired) electrons. The first-order valence-corrected chi connectivity index (χ1v) is 3.30. The monoisotopic (exact) mass is 140 g/mol. The minimum Gasteiger partial charge on any atom is -0.212 e. The third-order valence-electron chi connectivity index (χ3n) is 1.01. The van der Waals surface area contributed by atoms with Crippen LogP contribution in [0, 0.1) is 0 Å². The fourth-order valence-corrected chi connectivity index (χ4v) is 0.565. The van der Waals surface area contributed by atoms with E-state index in [-0.39, 0.29) is 5.83 Å². The van der Waals surface area contributed by atoms with Crippen molar-refractivity contribution in [3.63, 3.8) is 0 Å². The quantitative estimate of drug-likeness (QED) is 0.516. The Morgan fingerprint density at radius 1 is 1.20 bits per heavy atom. The van der Waals surface area contributed by atoms with Crippen molar-refractivity contribution in [3.8, 4) is 0 Å². The molecule has 0 atom stereocenters. The third kappa shape index (κ3) is 5.29. The molecule has 0 N–H and O–H groups in total. The maximum absolute atomic E-state index is 12.1. The van der Waals surface area contributed by atoms with Crippen LogP contribution in [0.1, 0.15) is 20.8 Å². The molecular weight excluding hydrogens is 127 g/mol. The van der Waals surface area contributed by atoms with Crippen molar-refractivity contribution >= 4 is 0 Å². The van der Waals surface area contributed by atoms with Crippen molar-refractivity contribution in [1.29, 1.82) is 0 Å².